The Hall–Kier alpha value is -3.06. The second kappa shape index (κ2) is 9.83. The number of benzene rings is 2. The van der Waals surface area contributed by atoms with E-state index in [1.54, 1.807) is 10.3 Å². The molecule has 0 spiro atoms. The molecule has 2 aromatic carbocycles. The van der Waals surface area contributed by atoms with Crippen LogP contribution in [0.15, 0.2) is 60.0 Å². The van der Waals surface area contributed by atoms with Crippen molar-refractivity contribution in [1.82, 2.24) is 14.9 Å². The molecule has 3 aromatic rings. The molecular weight excluding hydrogens is 408 g/mol. The molecule has 4 rings (SSSR count). The Kier molecular flexibility index (Phi) is 6.72. The largest absolute Gasteiger partial charge is 0.351 e. The van der Waals surface area contributed by atoms with Crippen LogP contribution < -0.4 is 10.2 Å². The third-order valence-electron chi connectivity index (χ3n) is 5.75. The van der Waals surface area contributed by atoms with Gasteiger partial charge in [-0.25, -0.2) is 0 Å². The van der Waals surface area contributed by atoms with Gasteiger partial charge in [0.2, 0.25) is 5.91 Å². The number of para-hydroxylation sites is 1. The van der Waals surface area contributed by atoms with Crippen molar-refractivity contribution in [3.05, 3.63) is 76.8 Å². The van der Waals surface area contributed by atoms with Crippen LogP contribution in [0.25, 0.3) is 0 Å². The van der Waals surface area contributed by atoms with Crippen LogP contribution in [0, 0.1) is 6.92 Å². The fourth-order valence-electron chi connectivity index (χ4n) is 4.16. The van der Waals surface area contributed by atoms with Crippen molar-refractivity contribution in [2.45, 2.75) is 51.1 Å². The van der Waals surface area contributed by atoms with Crippen molar-refractivity contribution in [2.24, 2.45) is 0 Å². The number of amides is 2. The van der Waals surface area contributed by atoms with E-state index in [1.165, 1.54) is 6.42 Å². The first kappa shape index (κ1) is 21.2. The van der Waals surface area contributed by atoms with Gasteiger partial charge in [0.1, 0.15) is 6.04 Å². The van der Waals surface area contributed by atoms with Gasteiger partial charge < -0.3 is 5.32 Å². The van der Waals surface area contributed by atoms with E-state index in [-0.39, 0.29) is 23.6 Å². The van der Waals surface area contributed by atoms with E-state index in [0.29, 0.717) is 5.69 Å². The SMILES string of the molecule is Cc1ccccc1N(C(=O)c1csnn1)[C@@H](C(=O)NC1CCCCC1)c1ccccc1. The summed E-state index contributed by atoms with van der Waals surface area (Å²) >= 11 is 1.12. The van der Waals surface area contributed by atoms with Gasteiger partial charge in [-0.05, 0) is 48.5 Å². The van der Waals surface area contributed by atoms with Crippen LogP contribution in [0.4, 0.5) is 5.69 Å². The standard InChI is InChI=1S/C24H26N4O2S/c1-17-10-8-9-15-21(17)28(24(30)20-16-31-27-26-20)22(18-11-4-2-5-12-18)23(29)25-19-13-6-3-7-14-19/h2,4-5,8-12,15-16,19,22H,3,6-7,13-14H2,1H3,(H,25,29)/t22-/m1/s1. The Morgan fingerprint density at radius 1 is 1.03 bits per heavy atom. The highest BCUT2D eigenvalue weighted by Crippen LogP contribution is 2.32. The van der Waals surface area contributed by atoms with Crippen molar-refractivity contribution in [2.75, 3.05) is 4.90 Å². The van der Waals surface area contributed by atoms with E-state index in [9.17, 15) is 9.59 Å². The molecule has 6 nitrogen and oxygen atoms in total. The summed E-state index contributed by atoms with van der Waals surface area (Å²) in [6.45, 7) is 1.94. The zero-order chi connectivity index (χ0) is 21.6. The maximum absolute atomic E-state index is 13.7. The Balaban J connectivity index is 1.78. The molecule has 1 fully saturated rings. The molecule has 1 saturated carbocycles. The van der Waals surface area contributed by atoms with Gasteiger partial charge in [0.05, 0.1) is 0 Å². The minimum atomic E-state index is -0.807. The lowest BCUT2D eigenvalue weighted by molar-refractivity contribution is -0.123. The molecule has 1 N–H and O–H groups in total. The smallest absolute Gasteiger partial charge is 0.280 e. The third kappa shape index (κ3) is 4.82. The van der Waals surface area contributed by atoms with Crippen molar-refractivity contribution in [1.29, 1.82) is 0 Å². The van der Waals surface area contributed by atoms with Crippen molar-refractivity contribution < 1.29 is 9.59 Å². The summed E-state index contributed by atoms with van der Waals surface area (Å²) in [7, 11) is 0. The predicted octanol–water partition coefficient (Wildman–Crippen LogP) is 4.68. The number of anilines is 1. The molecule has 0 unspecified atom stereocenters. The van der Waals surface area contributed by atoms with Gasteiger partial charge in [0.25, 0.3) is 5.91 Å². The van der Waals surface area contributed by atoms with Gasteiger partial charge >= 0.3 is 0 Å². The molecule has 0 saturated heterocycles. The van der Waals surface area contributed by atoms with Crippen LogP contribution in [0.2, 0.25) is 0 Å². The number of nitrogens with one attached hydrogen (secondary N) is 1. The Labute approximate surface area is 186 Å². The second-order valence-electron chi connectivity index (χ2n) is 7.91. The Bertz CT molecular complexity index is 1020. The first-order chi connectivity index (χ1) is 15.1. The minimum absolute atomic E-state index is 0.141. The van der Waals surface area contributed by atoms with Crippen molar-refractivity contribution in [3.63, 3.8) is 0 Å². The molecule has 31 heavy (non-hydrogen) atoms. The molecule has 7 heteroatoms. The summed E-state index contributed by atoms with van der Waals surface area (Å²) in [6.07, 6.45) is 5.39. The van der Waals surface area contributed by atoms with Crippen LogP contribution in [0.1, 0.15) is 59.8 Å². The number of nitrogens with zero attached hydrogens (tertiary/aromatic N) is 3. The van der Waals surface area contributed by atoms with Crippen LogP contribution in [-0.2, 0) is 4.79 Å². The summed E-state index contributed by atoms with van der Waals surface area (Å²) in [5.74, 6) is -0.506. The maximum atomic E-state index is 13.7. The number of hydrogen-bond acceptors (Lipinski definition) is 5. The van der Waals surface area contributed by atoms with E-state index in [0.717, 1.165) is 48.3 Å². The fourth-order valence-corrected chi connectivity index (χ4v) is 4.59. The number of carbonyl (C=O) groups is 2. The van der Waals surface area contributed by atoms with Gasteiger partial charge in [-0.2, -0.15) is 0 Å². The molecule has 1 heterocycles. The zero-order valence-electron chi connectivity index (χ0n) is 17.5. The maximum Gasteiger partial charge on any atom is 0.280 e. The van der Waals surface area contributed by atoms with Gasteiger partial charge in [-0.15, -0.1) is 5.10 Å². The molecule has 1 aliphatic rings. The van der Waals surface area contributed by atoms with E-state index >= 15 is 0 Å². The van der Waals surface area contributed by atoms with E-state index in [2.05, 4.69) is 14.9 Å². The van der Waals surface area contributed by atoms with Gasteiger partial charge in [0.15, 0.2) is 5.69 Å². The van der Waals surface area contributed by atoms with Crippen LogP contribution in [-0.4, -0.2) is 27.4 Å². The zero-order valence-corrected chi connectivity index (χ0v) is 18.3. The minimum Gasteiger partial charge on any atom is -0.351 e. The first-order valence-corrected chi connectivity index (χ1v) is 11.5. The Morgan fingerprint density at radius 2 is 1.74 bits per heavy atom. The summed E-state index contributed by atoms with van der Waals surface area (Å²) < 4.78 is 3.86. The average Bonchev–Trinajstić information content (AvgIpc) is 3.34. The van der Waals surface area contributed by atoms with Crippen molar-refractivity contribution in [3.8, 4) is 0 Å². The van der Waals surface area contributed by atoms with E-state index in [1.807, 2.05) is 61.5 Å². The lowest BCUT2D eigenvalue weighted by Gasteiger charge is -2.33. The van der Waals surface area contributed by atoms with E-state index < -0.39 is 6.04 Å². The molecule has 1 aliphatic carbocycles. The monoisotopic (exact) mass is 434 g/mol. The molecule has 1 atom stereocenters. The highest BCUT2D eigenvalue weighted by atomic mass is 32.1. The number of aromatic nitrogens is 2. The highest BCUT2D eigenvalue weighted by Gasteiger charge is 2.36. The molecule has 1 aromatic heterocycles. The Morgan fingerprint density at radius 3 is 2.42 bits per heavy atom. The third-order valence-corrected chi connectivity index (χ3v) is 6.25. The van der Waals surface area contributed by atoms with Crippen molar-refractivity contribution >= 4 is 29.0 Å². The summed E-state index contributed by atoms with van der Waals surface area (Å²) in [4.78, 5) is 28.9. The number of rotatable bonds is 6. The van der Waals surface area contributed by atoms with Crippen LogP contribution >= 0.6 is 11.5 Å². The number of carbonyl (C=O) groups excluding carboxylic acids is 2. The second-order valence-corrected chi connectivity index (χ2v) is 8.52. The van der Waals surface area contributed by atoms with Crippen LogP contribution in [0.5, 0.6) is 0 Å². The first-order valence-electron chi connectivity index (χ1n) is 10.7. The normalized spacial score (nSPS) is 15.3. The lowest BCUT2D eigenvalue weighted by atomic mass is 9.94. The molecular formula is C24H26N4O2S. The average molecular weight is 435 g/mol. The molecule has 0 aliphatic heterocycles. The fraction of sp³-hybridized carbons (Fsp3) is 0.333. The number of aryl methyl sites for hydroxylation is 1. The summed E-state index contributed by atoms with van der Waals surface area (Å²) in [5, 5.41) is 8.83. The summed E-state index contributed by atoms with van der Waals surface area (Å²) in [6, 6.07) is 16.4. The van der Waals surface area contributed by atoms with Gasteiger partial charge in [-0.3, -0.25) is 14.5 Å². The molecule has 0 radical (unpaired) electrons. The lowest BCUT2D eigenvalue weighted by Crippen LogP contribution is -2.47. The van der Waals surface area contributed by atoms with Gasteiger partial charge in [-0.1, -0.05) is 72.3 Å². The topological polar surface area (TPSA) is 75.2 Å². The summed E-state index contributed by atoms with van der Waals surface area (Å²) in [5.41, 5.74) is 2.59. The molecule has 2 amide bonds. The molecule has 160 valence electrons. The van der Waals surface area contributed by atoms with E-state index in [4.69, 9.17) is 0 Å². The highest BCUT2D eigenvalue weighted by molar-refractivity contribution is 7.03. The quantitative estimate of drug-likeness (QED) is 0.611. The number of hydrogen-bond donors (Lipinski definition) is 1. The van der Waals surface area contributed by atoms with Crippen LogP contribution in [0.3, 0.4) is 0 Å². The van der Waals surface area contributed by atoms with Gasteiger partial charge in [0, 0.05) is 17.1 Å². The molecule has 0 bridgehead atoms. The predicted molar refractivity (Wildman–Crippen MR) is 122 cm³/mol.